The van der Waals surface area contributed by atoms with E-state index in [1.165, 1.54) is 0 Å². The summed E-state index contributed by atoms with van der Waals surface area (Å²) in [6, 6.07) is 5.64. The Kier molecular flexibility index (Phi) is 4.14. The topological polar surface area (TPSA) is 76.1 Å². The first kappa shape index (κ1) is 15.3. The number of carbonyl (C=O) groups is 1. The molecule has 3 rings (SSSR count). The molecule has 0 spiro atoms. The van der Waals surface area contributed by atoms with Gasteiger partial charge in [-0.3, -0.25) is 9.78 Å². The van der Waals surface area contributed by atoms with Crippen LogP contribution in [0.25, 0.3) is 0 Å². The van der Waals surface area contributed by atoms with E-state index in [0.717, 1.165) is 24.2 Å². The van der Waals surface area contributed by atoms with Gasteiger partial charge >= 0.3 is 0 Å². The normalized spacial score (nSPS) is 13.5. The molecule has 1 aromatic carbocycles. The average molecular weight is 312 g/mol. The predicted molar refractivity (Wildman–Crippen MR) is 88.3 cm³/mol. The van der Waals surface area contributed by atoms with Crippen LogP contribution < -0.4 is 15.4 Å². The number of methoxy groups -OCH3 is 1. The molecule has 2 aromatic rings. The number of benzene rings is 1. The summed E-state index contributed by atoms with van der Waals surface area (Å²) >= 11 is 0. The van der Waals surface area contributed by atoms with Crippen LogP contribution in [0.15, 0.2) is 24.4 Å². The van der Waals surface area contributed by atoms with E-state index >= 15 is 0 Å². The molecule has 0 unspecified atom stereocenters. The highest BCUT2D eigenvalue weighted by molar-refractivity contribution is 5.96. The summed E-state index contributed by atoms with van der Waals surface area (Å²) < 4.78 is 5.37. The van der Waals surface area contributed by atoms with Crippen molar-refractivity contribution < 1.29 is 9.53 Å². The van der Waals surface area contributed by atoms with Crippen LogP contribution in [0.1, 0.15) is 34.6 Å². The standard InChI is InChI=1S/C17H20N4O2/c1-10-9-18-11(2)16(19-10)21-14-8-12(4-7-15(14)23-3)17(22)20-13-5-6-13/h4,7-9,13H,5-6H2,1-3H3,(H,19,21)(H,20,22). The van der Waals surface area contributed by atoms with Gasteiger partial charge in [0.15, 0.2) is 5.82 Å². The van der Waals surface area contributed by atoms with Gasteiger partial charge < -0.3 is 15.4 Å². The van der Waals surface area contributed by atoms with Crippen molar-refractivity contribution in [1.29, 1.82) is 0 Å². The lowest BCUT2D eigenvalue weighted by Gasteiger charge is -2.14. The molecule has 1 saturated carbocycles. The molecule has 1 heterocycles. The Morgan fingerprint density at radius 1 is 1.30 bits per heavy atom. The molecule has 23 heavy (non-hydrogen) atoms. The number of aromatic nitrogens is 2. The number of carbonyl (C=O) groups excluding carboxylic acids is 1. The monoisotopic (exact) mass is 312 g/mol. The minimum absolute atomic E-state index is 0.0646. The lowest BCUT2D eigenvalue weighted by Crippen LogP contribution is -2.25. The third-order valence-electron chi connectivity index (χ3n) is 3.70. The first-order valence-electron chi connectivity index (χ1n) is 7.63. The second-order valence-corrected chi connectivity index (χ2v) is 5.73. The van der Waals surface area contributed by atoms with Crippen LogP contribution in [-0.2, 0) is 0 Å². The molecule has 0 saturated heterocycles. The van der Waals surface area contributed by atoms with Crippen molar-refractivity contribution in [3.05, 3.63) is 41.3 Å². The van der Waals surface area contributed by atoms with E-state index in [9.17, 15) is 4.79 Å². The Morgan fingerprint density at radius 2 is 2.09 bits per heavy atom. The first-order chi connectivity index (χ1) is 11.1. The second-order valence-electron chi connectivity index (χ2n) is 5.73. The number of amides is 1. The smallest absolute Gasteiger partial charge is 0.251 e. The minimum Gasteiger partial charge on any atom is -0.495 e. The molecule has 1 aliphatic carbocycles. The van der Waals surface area contributed by atoms with Gasteiger partial charge in [-0.25, -0.2) is 4.98 Å². The van der Waals surface area contributed by atoms with Crippen LogP contribution in [0.4, 0.5) is 11.5 Å². The lowest BCUT2D eigenvalue weighted by atomic mass is 10.1. The van der Waals surface area contributed by atoms with Gasteiger partial charge in [0.2, 0.25) is 0 Å². The van der Waals surface area contributed by atoms with Crippen molar-refractivity contribution in [2.75, 3.05) is 12.4 Å². The van der Waals surface area contributed by atoms with Crippen LogP contribution in [0.2, 0.25) is 0 Å². The van der Waals surface area contributed by atoms with E-state index < -0.39 is 0 Å². The Bertz CT molecular complexity index is 741. The number of nitrogens with zero attached hydrogens (tertiary/aromatic N) is 2. The van der Waals surface area contributed by atoms with Crippen molar-refractivity contribution in [2.45, 2.75) is 32.7 Å². The minimum atomic E-state index is -0.0646. The van der Waals surface area contributed by atoms with E-state index in [1.807, 2.05) is 13.8 Å². The van der Waals surface area contributed by atoms with Crippen molar-refractivity contribution >= 4 is 17.4 Å². The zero-order chi connectivity index (χ0) is 16.4. The van der Waals surface area contributed by atoms with Crippen molar-refractivity contribution in [2.24, 2.45) is 0 Å². The second kappa shape index (κ2) is 6.24. The lowest BCUT2D eigenvalue weighted by molar-refractivity contribution is 0.0951. The van der Waals surface area contributed by atoms with Gasteiger partial charge in [0.25, 0.3) is 5.91 Å². The molecule has 120 valence electrons. The largest absolute Gasteiger partial charge is 0.495 e. The quantitative estimate of drug-likeness (QED) is 0.888. The predicted octanol–water partition coefficient (Wildman–Crippen LogP) is 2.74. The highest BCUT2D eigenvalue weighted by Gasteiger charge is 2.24. The van der Waals surface area contributed by atoms with Crippen molar-refractivity contribution in [3.63, 3.8) is 0 Å². The molecular weight excluding hydrogens is 292 g/mol. The van der Waals surface area contributed by atoms with Crippen molar-refractivity contribution in [1.82, 2.24) is 15.3 Å². The first-order valence-corrected chi connectivity index (χ1v) is 7.63. The number of anilines is 2. The van der Waals surface area contributed by atoms with E-state index in [-0.39, 0.29) is 5.91 Å². The van der Waals surface area contributed by atoms with Gasteiger partial charge in [0.1, 0.15) is 5.75 Å². The SMILES string of the molecule is COc1ccc(C(=O)NC2CC2)cc1Nc1nc(C)cnc1C. The van der Waals surface area contributed by atoms with Crippen LogP contribution >= 0.6 is 0 Å². The van der Waals surface area contributed by atoms with Crippen LogP contribution in [0.5, 0.6) is 5.75 Å². The Labute approximate surface area is 135 Å². The zero-order valence-corrected chi connectivity index (χ0v) is 13.5. The maximum atomic E-state index is 12.2. The van der Waals surface area contributed by atoms with E-state index in [1.54, 1.807) is 31.5 Å². The van der Waals surface area contributed by atoms with Gasteiger partial charge in [-0.05, 0) is 44.9 Å². The van der Waals surface area contributed by atoms with Gasteiger partial charge in [0.05, 0.1) is 24.2 Å². The number of ether oxygens (including phenoxy) is 1. The van der Waals surface area contributed by atoms with Gasteiger partial charge in [-0.2, -0.15) is 0 Å². The summed E-state index contributed by atoms with van der Waals surface area (Å²) in [5.74, 6) is 1.24. The Hall–Kier alpha value is -2.63. The molecule has 1 fully saturated rings. The molecule has 1 aromatic heterocycles. The average Bonchev–Trinajstić information content (AvgIpc) is 3.34. The molecule has 6 nitrogen and oxygen atoms in total. The van der Waals surface area contributed by atoms with Crippen molar-refractivity contribution in [3.8, 4) is 5.75 Å². The molecule has 1 aliphatic rings. The molecule has 0 radical (unpaired) electrons. The molecule has 1 amide bonds. The van der Waals surface area contributed by atoms with Gasteiger partial charge in [-0.15, -0.1) is 0 Å². The fourth-order valence-electron chi connectivity index (χ4n) is 2.23. The maximum absolute atomic E-state index is 12.2. The summed E-state index contributed by atoms with van der Waals surface area (Å²) in [7, 11) is 1.60. The van der Waals surface area contributed by atoms with E-state index in [4.69, 9.17) is 4.74 Å². The van der Waals surface area contributed by atoms with Crippen LogP contribution in [0.3, 0.4) is 0 Å². The summed E-state index contributed by atoms with van der Waals surface area (Å²) in [4.78, 5) is 20.9. The number of rotatable bonds is 5. The third kappa shape index (κ3) is 3.59. The summed E-state index contributed by atoms with van der Waals surface area (Å²) in [5, 5.41) is 6.20. The van der Waals surface area contributed by atoms with Crippen LogP contribution in [-0.4, -0.2) is 29.0 Å². The third-order valence-corrected chi connectivity index (χ3v) is 3.70. The fourth-order valence-corrected chi connectivity index (χ4v) is 2.23. The molecule has 6 heteroatoms. The molecule has 2 N–H and O–H groups in total. The highest BCUT2D eigenvalue weighted by Crippen LogP contribution is 2.29. The summed E-state index contributed by atoms with van der Waals surface area (Å²) in [5.41, 5.74) is 2.89. The Balaban J connectivity index is 1.89. The molecule has 0 bridgehead atoms. The summed E-state index contributed by atoms with van der Waals surface area (Å²) in [6.07, 6.45) is 3.84. The maximum Gasteiger partial charge on any atom is 0.251 e. The van der Waals surface area contributed by atoms with E-state index in [2.05, 4.69) is 20.6 Å². The molecular formula is C17H20N4O2. The molecule has 0 atom stereocenters. The zero-order valence-electron chi connectivity index (χ0n) is 13.5. The number of hydrogen-bond donors (Lipinski definition) is 2. The number of hydrogen-bond acceptors (Lipinski definition) is 5. The number of aryl methyl sites for hydroxylation is 2. The summed E-state index contributed by atoms with van der Waals surface area (Å²) in [6.45, 7) is 3.76. The fraction of sp³-hybridized carbons (Fsp3) is 0.353. The Morgan fingerprint density at radius 3 is 2.78 bits per heavy atom. The number of nitrogens with one attached hydrogen (secondary N) is 2. The van der Waals surface area contributed by atoms with Gasteiger partial charge in [-0.1, -0.05) is 0 Å². The van der Waals surface area contributed by atoms with E-state index in [0.29, 0.717) is 28.9 Å². The van der Waals surface area contributed by atoms with Gasteiger partial charge in [0, 0.05) is 17.8 Å². The highest BCUT2D eigenvalue weighted by atomic mass is 16.5. The van der Waals surface area contributed by atoms with Crippen LogP contribution in [0, 0.1) is 13.8 Å². The molecule has 0 aliphatic heterocycles.